The SMILES string of the molecule is CC1(CO)C=CCN1. The molecular weight excluding hydrogens is 102 g/mol. The summed E-state index contributed by atoms with van der Waals surface area (Å²) < 4.78 is 0. The van der Waals surface area contributed by atoms with Crippen LogP contribution < -0.4 is 5.32 Å². The fraction of sp³-hybridized carbons (Fsp3) is 0.667. The Bertz CT molecular complexity index is 111. The van der Waals surface area contributed by atoms with E-state index in [4.69, 9.17) is 5.11 Å². The molecular formula is C6H11NO. The van der Waals surface area contributed by atoms with Gasteiger partial charge < -0.3 is 10.4 Å². The molecule has 1 aliphatic rings. The topological polar surface area (TPSA) is 32.3 Å². The largest absolute Gasteiger partial charge is 0.394 e. The predicted molar refractivity (Wildman–Crippen MR) is 32.6 cm³/mol. The van der Waals surface area contributed by atoms with Crippen LogP contribution in [0.25, 0.3) is 0 Å². The first kappa shape index (κ1) is 5.79. The molecule has 2 heteroatoms. The lowest BCUT2D eigenvalue weighted by atomic mass is 10.1. The Labute approximate surface area is 49.2 Å². The average molecular weight is 113 g/mol. The zero-order valence-electron chi connectivity index (χ0n) is 5.02. The Balaban J connectivity index is 2.54. The van der Waals surface area contributed by atoms with Gasteiger partial charge in [-0.3, -0.25) is 0 Å². The van der Waals surface area contributed by atoms with Gasteiger partial charge >= 0.3 is 0 Å². The molecule has 0 aromatic heterocycles. The van der Waals surface area contributed by atoms with Crippen LogP contribution in [0.2, 0.25) is 0 Å². The van der Waals surface area contributed by atoms with Crippen LogP contribution in [-0.4, -0.2) is 23.8 Å². The predicted octanol–water partition coefficient (Wildman–Crippen LogP) is -0.103. The lowest BCUT2D eigenvalue weighted by molar-refractivity contribution is 0.218. The Hall–Kier alpha value is -0.340. The molecule has 1 rings (SSSR count). The van der Waals surface area contributed by atoms with E-state index < -0.39 is 0 Å². The van der Waals surface area contributed by atoms with Crippen molar-refractivity contribution in [2.24, 2.45) is 0 Å². The summed E-state index contributed by atoms with van der Waals surface area (Å²) in [5.74, 6) is 0. The molecule has 0 saturated carbocycles. The second kappa shape index (κ2) is 1.88. The Kier molecular flexibility index (Phi) is 1.36. The van der Waals surface area contributed by atoms with Crippen LogP contribution in [0.15, 0.2) is 12.2 Å². The molecule has 8 heavy (non-hydrogen) atoms. The molecule has 2 nitrogen and oxygen atoms in total. The van der Waals surface area contributed by atoms with Crippen molar-refractivity contribution < 1.29 is 5.11 Å². The quantitative estimate of drug-likeness (QED) is 0.465. The molecule has 46 valence electrons. The normalized spacial score (nSPS) is 36.2. The van der Waals surface area contributed by atoms with Gasteiger partial charge in [-0.25, -0.2) is 0 Å². The summed E-state index contributed by atoms with van der Waals surface area (Å²) in [6.45, 7) is 3.04. The highest BCUT2D eigenvalue weighted by Gasteiger charge is 2.20. The van der Waals surface area contributed by atoms with E-state index in [-0.39, 0.29) is 12.1 Å². The van der Waals surface area contributed by atoms with E-state index in [1.807, 2.05) is 19.1 Å². The number of aliphatic hydroxyl groups is 1. The van der Waals surface area contributed by atoms with Crippen molar-refractivity contribution in [1.82, 2.24) is 5.32 Å². The molecule has 2 N–H and O–H groups in total. The summed E-state index contributed by atoms with van der Waals surface area (Å²) in [6.07, 6.45) is 4.02. The highest BCUT2D eigenvalue weighted by atomic mass is 16.3. The fourth-order valence-corrected chi connectivity index (χ4v) is 0.779. The first-order valence-corrected chi connectivity index (χ1v) is 2.80. The van der Waals surface area contributed by atoms with E-state index >= 15 is 0 Å². The number of aliphatic hydroxyl groups excluding tert-OH is 1. The van der Waals surface area contributed by atoms with Crippen LogP contribution in [0.1, 0.15) is 6.92 Å². The van der Waals surface area contributed by atoms with Crippen molar-refractivity contribution in [3.63, 3.8) is 0 Å². The molecule has 1 atom stereocenters. The number of hydrogen-bond acceptors (Lipinski definition) is 2. The van der Waals surface area contributed by atoms with Crippen LogP contribution in [0.5, 0.6) is 0 Å². The van der Waals surface area contributed by atoms with E-state index in [1.165, 1.54) is 0 Å². The summed E-state index contributed by atoms with van der Waals surface area (Å²) in [5.41, 5.74) is -0.139. The van der Waals surface area contributed by atoms with Crippen molar-refractivity contribution in [2.45, 2.75) is 12.5 Å². The fourth-order valence-electron chi connectivity index (χ4n) is 0.779. The summed E-state index contributed by atoms with van der Waals surface area (Å²) in [7, 11) is 0. The third kappa shape index (κ3) is 0.904. The van der Waals surface area contributed by atoms with Gasteiger partial charge in [0.05, 0.1) is 12.1 Å². The van der Waals surface area contributed by atoms with Gasteiger partial charge in [0.15, 0.2) is 0 Å². The maximum atomic E-state index is 8.71. The van der Waals surface area contributed by atoms with Gasteiger partial charge in [-0.05, 0) is 6.92 Å². The lowest BCUT2D eigenvalue weighted by Gasteiger charge is -2.18. The maximum Gasteiger partial charge on any atom is 0.0646 e. The summed E-state index contributed by atoms with van der Waals surface area (Å²) in [5, 5.41) is 11.8. The van der Waals surface area contributed by atoms with Crippen LogP contribution in [-0.2, 0) is 0 Å². The number of rotatable bonds is 1. The molecule has 0 spiro atoms. The molecule has 0 radical (unpaired) electrons. The minimum Gasteiger partial charge on any atom is -0.394 e. The summed E-state index contributed by atoms with van der Waals surface area (Å²) in [6, 6.07) is 0. The first-order chi connectivity index (χ1) is 3.77. The second-order valence-corrected chi connectivity index (χ2v) is 2.36. The zero-order chi connectivity index (χ0) is 6.04. The van der Waals surface area contributed by atoms with Crippen LogP contribution in [0, 0.1) is 0 Å². The molecule has 0 amide bonds. The smallest absolute Gasteiger partial charge is 0.0646 e. The maximum absolute atomic E-state index is 8.71. The Morgan fingerprint density at radius 1 is 1.88 bits per heavy atom. The molecule has 0 bridgehead atoms. The third-order valence-electron chi connectivity index (χ3n) is 1.44. The van der Waals surface area contributed by atoms with Crippen LogP contribution in [0.3, 0.4) is 0 Å². The second-order valence-electron chi connectivity index (χ2n) is 2.36. The molecule has 0 aromatic carbocycles. The van der Waals surface area contributed by atoms with E-state index in [2.05, 4.69) is 5.32 Å². The van der Waals surface area contributed by atoms with Gasteiger partial charge in [-0.15, -0.1) is 0 Å². The number of nitrogens with one attached hydrogen (secondary N) is 1. The van der Waals surface area contributed by atoms with Crippen molar-refractivity contribution >= 4 is 0 Å². The molecule has 0 aromatic rings. The zero-order valence-corrected chi connectivity index (χ0v) is 5.02. The molecule has 0 fully saturated rings. The Morgan fingerprint density at radius 2 is 2.62 bits per heavy atom. The third-order valence-corrected chi connectivity index (χ3v) is 1.44. The van der Waals surface area contributed by atoms with E-state index in [0.29, 0.717) is 0 Å². The molecule has 1 unspecified atom stereocenters. The van der Waals surface area contributed by atoms with Crippen LogP contribution in [0.4, 0.5) is 0 Å². The summed E-state index contributed by atoms with van der Waals surface area (Å²) in [4.78, 5) is 0. The van der Waals surface area contributed by atoms with E-state index in [9.17, 15) is 0 Å². The first-order valence-electron chi connectivity index (χ1n) is 2.80. The summed E-state index contributed by atoms with van der Waals surface area (Å²) >= 11 is 0. The van der Waals surface area contributed by atoms with Crippen molar-refractivity contribution in [1.29, 1.82) is 0 Å². The molecule has 1 aliphatic heterocycles. The highest BCUT2D eigenvalue weighted by Crippen LogP contribution is 2.08. The van der Waals surface area contributed by atoms with Crippen LogP contribution >= 0.6 is 0 Å². The van der Waals surface area contributed by atoms with Crippen molar-refractivity contribution in [2.75, 3.05) is 13.2 Å². The van der Waals surface area contributed by atoms with Crippen molar-refractivity contribution in [3.8, 4) is 0 Å². The monoisotopic (exact) mass is 113 g/mol. The van der Waals surface area contributed by atoms with Gasteiger partial charge in [0.25, 0.3) is 0 Å². The van der Waals surface area contributed by atoms with Gasteiger partial charge in [-0.2, -0.15) is 0 Å². The van der Waals surface area contributed by atoms with Gasteiger partial charge in [0, 0.05) is 6.54 Å². The van der Waals surface area contributed by atoms with Crippen molar-refractivity contribution in [3.05, 3.63) is 12.2 Å². The molecule has 1 heterocycles. The lowest BCUT2D eigenvalue weighted by Crippen LogP contribution is -2.39. The Morgan fingerprint density at radius 3 is 2.88 bits per heavy atom. The van der Waals surface area contributed by atoms with Gasteiger partial charge in [0.2, 0.25) is 0 Å². The van der Waals surface area contributed by atoms with Gasteiger partial charge in [0.1, 0.15) is 0 Å². The average Bonchev–Trinajstić information content (AvgIpc) is 2.17. The molecule has 0 saturated heterocycles. The highest BCUT2D eigenvalue weighted by molar-refractivity contribution is 5.11. The number of hydrogen-bond donors (Lipinski definition) is 2. The standard InChI is InChI=1S/C6H11NO/c1-6(5-8)3-2-4-7-6/h2-3,7-8H,4-5H2,1H3. The minimum atomic E-state index is -0.139. The van der Waals surface area contributed by atoms with Gasteiger partial charge in [-0.1, -0.05) is 12.2 Å². The van der Waals surface area contributed by atoms with E-state index in [1.54, 1.807) is 0 Å². The van der Waals surface area contributed by atoms with E-state index in [0.717, 1.165) is 6.54 Å². The minimum absolute atomic E-state index is 0.139. The molecule has 0 aliphatic carbocycles.